The van der Waals surface area contributed by atoms with Crippen LogP contribution in [0.25, 0.3) is 33.1 Å². The molecular weight excluding hydrogens is 398 g/mol. The maximum absolute atomic E-state index is 13.1. The summed E-state index contributed by atoms with van der Waals surface area (Å²) in [6, 6.07) is 11.9. The molecule has 0 unspecified atom stereocenters. The second-order valence-electron chi connectivity index (χ2n) is 7.00. The highest BCUT2D eigenvalue weighted by atomic mass is 16.5. The number of pyridine rings is 1. The number of fused-ring (bicyclic) bond motifs is 2. The van der Waals surface area contributed by atoms with Crippen molar-refractivity contribution in [3.63, 3.8) is 0 Å². The molecule has 0 aliphatic rings. The van der Waals surface area contributed by atoms with E-state index in [2.05, 4.69) is 4.98 Å². The predicted molar refractivity (Wildman–Crippen MR) is 115 cm³/mol. The van der Waals surface area contributed by atoms with Crippen molar-refractivity contribution in [3.05, 3.63) is 75.2 Å². The largest absolute Gasteiger partial charge is 0.465 e. The first-order valence-corrected chi connectivity index (χ1v) is 9.51. The zero-order valence-corrected chi connectivity index (χ0v) is 17.4. The number of nitrogens with zero attached hydrogens (tertiary/aromatic N) is 1. The van der Waals surface area contributed by atoms with Crippen LogP contribution in [0.2, 0.25) is 0 Å². The number of hydrogen-bond acceptors (Lipinski definition) is 7. The van der Waals surface area contributed by atoms with Gasteiger partial charge in [-0.05, 0) is 32.0 Å². The fourth-order valence-electron chi connectivity index (χ4n) is 3.84. The third kappa shape index (κ3) is 3.15. The van der Waals surface area contributed by atoms with Gasteiger partial charge in [0.1, 0.15) is 11.2 Å². The molecule has 31 heavy (non-hydrogen) atoms. The second-order valence-corrected chi connectivity index (χ2v) is 7.00. The third-order valence-corrected chi connectivity index (χ3v) is 5.21. The Labute approximate surface area is 177 Å². The van der Waals surface area contributed by atoms with E-state index >= 15 is 0 Å². The second kappa shape index (κ2) is 7.68. The summed E-state index contributed by atoms with van der Waals surface area (Å²) in [5.74, 6) is -1.32. The van der Waals surface area contributed by atoms with E-state index in [1.807, 2.05) is 0 Å². The average Bonchev–Trinajstić information content (AvgIpc) is 2.77. The predicted octanol–water partition coefficient (Wildman–Crippen LogP) is 4.20. The minimum Gasteiger partial charge on any atom is -0.465 e. The molecule has 2 heterocycles. The fraction of sp³-hybridized carbons (Fsp3) is 0.167. The lowest BCUT2D eigenvalue weighted by Gasteiger charge is -2.17. The van der Waals surface area contributed by atoms with Crippen LogP contribution < -0.4 is 5.43 Å². The Morgan fingerprint density at radius 1 is 0.839 bits per heavy atom. The van der Waals surface area contributed by atoms with E-state index in [0.717, 1.165) is 0 Å². The fourth-order valence-corrected chi connectivity index (χ4v) is 3.84. The molecule has 7 heteroatoms. The molecule has 0 fully saturated rings. The lowest BCUT2D eigenvalue weighted by Crippen LogP contribution is -2.16. The van der Waals surface area contributed by atoms with Gasteiger partial charge in [0.05, 0.1) is 47.5 Å². The Balaban J connectivity index is 2.24. The average molecular weight is 417 g/mol. The minimum absolute atomic E-state index is 0.108. The number of benzene rings is 2. The number of rotatable bonds is 3. The Morgan fingerprint density at radius 3 is 2.03 bits per heavy atom. The van der Waals surface area contributed by atoms with Gasteiger partial charge in [0, 0.05) is 11.1 Å². The lowest BCUT2D eigenvalue weighted by molar-refractivity contribution is 0.0599. The SMILES string of the molecule is COC(=O)c1c(C)nc(C)c(C(=O)OC)c1-c1cccc2c(=O)c3ccccc3oc12. The third-order valence-electron chi connectivity index (χ3n) is 5.21. The molecular formula is C24H19NO6. The van der Waals surface area contributed by atoms with Gasteiger partial charge in [-0.25, -0.2) is 9.59 Å². The van der Waals surface area contributed by atoms with Crippen molar-refractivity contribution in [2.45, 2.75) is 13.8 Å². The molecule has 0 aliphatic heterocycles. The summed E-state index contributed by atoms with van der Waals surface area (Å²) in [5, 5.41) is 0.769. The Kier molecular flexibility index (Phi) is 5.02. The zero-order chi connectivity index (χ0) is 22.3. The summed E-state index contributed by atoms with van der Waals surface area (Å²) in [6.45, 7) is 3.31. The molecule has 0 atom stereocenters. The highest BCUT2D eigenvalue weighted by Crippen LogP contribution is 2.37. The number of carbonyl (C=O) groups excluding carboxylic acids is 2. The van der Waals surface area contributed by atoms with Crippen molar-refractivity contribution < 1.29 is 23.5 Å². The maximum Gasteiger partial charge on any atom is 0.340 e. The molecule has 4 aromatic rings. The molecule has 7 nitrogen and oxygen atoms in total. The standard InChI is InChI=1S/C24H19NO6/c1-12-18(23(27)29-3)20(19(13(2)25-12)24(28)30-4)15-9-7-10-16-21(26)14-8-5-6-11-17(14)31-22(15)16/h5-11H,1-4H3. The maximum atomic E-state index is 13.1. The van der Waals surface area contributed by atoms with Gasteiger partial charge in [-0.15, -0.1) is 0 Å². The van der Waals surface area contributed by atoms with Gasteiger partial charge >= 0.3 is 11.9 Å². The number of methoxy groups -OCH3 is 2. The van der Waals surface area contributed by atoms with Crippen molar-refractivity contribution in [3.8, 4) is 11.1 Å². The Bertz CT molecular complexity index is 1390. The van der Waals surface area contributed by atoms with Gasteiger partial charge in [0.15, 0.2) is 0 Å². The van der Waals surface area contributed by atoms with E-state index in [-0.39, 0.29) is 27.7 Å². The first-order valence-electron chi connectivity index (χ1n) is 9.51. The number of para-hydroxylation sites is 2. The topological polar surface area (TPSA) is 95.7 Å². The van der Waals surface area contributed by atoms with Gasteiger partial charge in [-0.1, -0.05) is 24.3 Å². The normalized spacial score (nSPS) is 11.0. The van der Waals surface area contributed by atoms with Gasteiger partial charge in [-0.2, -0.15) is 0 Å². The molecule has 0 bridgehead atoms. The monoisotopic (exact) mass is 417 g/mol. The number of esters is 2. The van der Waals surface area contributed by atoms with Crippen LogP contribution in [-0.4, -0.2) is 31.1 Å². The molecule has 2 aromatic heterocycles. The highest BCUT2D eigenvalue weighted by molar-refractivity contribution is 6.11. The summed E-state index contributed by atoms with van der Waals surface area (Å²) in [6.07, 6.45) is 0. The summed E-state index contributed by atoms with van der Waals surface area (Å²) >= 11 is 0. The number of carbonyl (C=O) groups is 2. The Morgan fingerprint density at radius 2 is 1.42 bits per heavy atom. The number of hydrogen-bond donors (Lipinski definition) is 0. The molecule has 0 saturated heterocycles. The molecule has 0 saturated carbocycles. The quantitative estimate of drug-likeness (QED) is 0.364. The van der Waals surface area contributed by atoms with Crippen molar-refractivity contribution >= 4 is 33.9 Å². The van der Waals surface area contributed by atoms with Crippen molar-refractivity contribution in [2.75, 3.05) is 14.2 Å². The summed E-state index contributed by atoms with van der Waals surface area (Å²) in [4.78, 5) is 42.9. The zero-order valence-electron chi connectivity index (χ0n) is 17.4. The van der Waals surface area contributed by atoms with Crippen LogP contribution >= 0.6 is 0 Å². The first kappa shape index (κ1) is 20.3. The van der Waals surface area contributed by atoms with E-state index < -0.39 is 11.9 Å². The Hall–Kier alpha value is -4.00. The lowest BCUT2D eigenvalue weighted by atomic mass is 9.91. The molecule has 0 radical (unpaired) electrons. The van der Waals surface area contributed by atoms with Gasteiger partial charge in [-0.3, -0.25) is 9.78 Å². The number of aryl methyl sites for hydroxylation is 2. The van der Waals surface area contributed by atoms with E-state index in [4.69, 9.17) is 13.9 Å². The molecule has 2 aromatic carbocycles. The first-order chi connectivity index (χ1) is 14.9. The summed E-state index contributed by atoms with van der Waals surface area (Å²) < 4.78 is 16.0. The molecule has 0 amide bonds. The van der Waals surface area contributed by atoms with E-state index in [1.54, 1.807) is 56.3 Å². The molecule has 0 aliphatic carbocycles. The molecule has 0 spiro atoms. The van der Waals surface area contributed by atoms with E-state index in [9.17, 15) is 14.4 Å². The van der Waals surface area contributed by atoms with Gasteiger partial charge in [0.25, 0.3) is 0 Å². The van der Waals surface area contributed by atoms with E-state index in [1.165, 1.54) is 14.2 Å². The number of ether oxygens (including phenoxy) is 2. The van der Waals surface area contributed by atoms with Crippen LogP contribution in [0.5, 0.6) is 0 Å². The summed E-state index contributed by atoms with van der Waals surface area (Å²) in [7, 11) is 2.50. The highest BCUT2D eigenvalue weighted by Gasteiger charge is 2.29. The summed E-state index contributed by atoms with van der Waals surface area (Å²) in [5.41, 5.74) is 2.08. The van der Waals surface area contributed by atoms with Crippen LogP contribution in [0, 0.1) is 13.8 Å². The van der Waals surface area contributed by atoms with Crippen LogP contribution in [0.4, 0.5) is 0 Å². The van der Waals surface area contributed by atoms with Crippen molar-refractivity contribution in [1.82, 2.24) is 4.98 Å². The van der Waals surface area contributed by atoms with Crippen LogP contribution in [0.3, 0.4) is 0 Å². The molecule has 156 valence electrons. The smallest absolute Gasteiger partial charge is 0.340 e. The molecule has 0 N–H and O–H groups in total. The molecule has 4 rings (SSSR count). The van der Waals surface area contributed by atoms with Crippen LogP contribution in [0.15, 0.2) is 51.7 Å². The van der Waals surface area contributed by atoms with Gasteiger partial charge < -0.3 is 13.9 Å². The van der Waals surface area contributed by atoms with E-state index in [0.29, 0.717) is 33.3 Å². The van der Waals surface area contributed by atoms with Crippen molar-refractivity contribution in [1.29, 1.82) is 0 Å². The minimum atomic E-state index is -0.662. The van der Waals surface area contributed by atoms with Crippen molar-refractivity contribution in [2.24, 2.45) is 0 Å². The number of aromatic nitrogens is 1. The van der Waals surface area contributed by atoms with Gasteiger partial charge in [0.2, 0.25) is 5.43 Å². The van der Waals surface area contributed by atoms with Crippen LogP contribution in [0.1, 0.15) is 32.1 Å². The van der Waals surface area contributed by atoms with Crippen LogP contribution in [-0.2, 0) is 9.47 Å².